The molecule has 2 aromatic carbocycles. The minimum Gasteiger partial charge on any atom is -0.374 e. The Labute approximate surface area is 210 Å². The van der Waals surface area contributed by atoms with Crippen LogP contribution in [0.25, 0.3) is 0 Å². The second-order valence-electron chi connectivity index (χ2n) is 7.63. The number of nitrogens with one attached hydrogen (secondary N) is 2. The average molecular weight is 563 g/mol. The molecule has 0 saturated carbocycles. The molecule has 1 heterocycles. The lowest BCUT2D eigenvalue weighted by atomic mass is 9.86. The molecule has 0 radical (unpaired) electrons. The molecular formula is C21H16Cl3F6N3O2. The van der Waals surface area contributed by atoms with Crippen LogP contribution < -0.4 is 10.9 Å². The fourth-order valence-electron chi connectivity index (χ4n) is 3.30. The highest BCUT2D eigenvalue weighted by Gasteiger charge is 2.62. The molecule has 1 amide bonds. The zero-order valence-corrected chi connectivity index (χ0v) is 19.7. The van der Waals surface area contributed by atoms with Gasteiger partial charge in [-0.15, -0.1) is 0 Å². The maximum absolute atomic E-state index is 14.1. The third-order valence-corrected chi connectivity index (χ3v) is 5.78. The molecule has 0 unspecified atom stereocenters. The van der Waals surface area contributed by atoms with E-state index >= 15 is 0 Å². The molecule has 5 nitrogen and oxygen atoms in total. The number of hydrogen-bond acceptors (Lipinski definition) is 4. The van der Waals surface area contributed by atoms with Crippen LogP contribution in [0.3, 0.4) is 0 Å². The van der Waals surface area contributed by atoms with Gasteiger partial charge in [0.1, 0.15) is 0 Å². The van der Waals surface area contributed by atoms with Crippen molar-refractivity contribution in [1.82, 2.24) is 5.43 Å². The Balaban J connectivity index is 1.76. The second-order valence-corrected chi connectivity index (χ2v) is 8.91. The summed E-state index contributed by atoms with van der Waals surface area (Å²) in [5, 5.41) is 3.69. The smallest absolute Gasteiger partial charge is 0.374 e. The zero-order chi connectivity index (χ0) is 26.0. The molecule has 0 saturated heterocycles. The van der Waals surface area contributed by atoms with E-state index in [-0.39, 0.29) is 37.6 Å². The minimum absolute atomic E-state index is 0.0165. The molecule has 0 fully saturated rings. The Morgan fingerprint density at radius 1 is 1.03 bits per heavy atom. The van der Waals surface area contributed by atoms with E-state index in [2.05, 4.69) is 16.0 Å². The van der Waals surface area contributed by atoms with Gasteiger partial charge in [0.2, 0.25) is 5.91 Å². The van der Waals surface area contributed by atoms with E-state index in [0.29, 0.717) is 0 Å². The van der Waals surface area contributed by atoms with E-state index in [4.69, 9.17) is 39.6 Å². The topological polar surface area (TPSA) is 62.7 Å². The lowest BCUT2D eigenvalue weighted by Gasteiger charge is -2.29. The molecule has 2 aromatic rings. The van der Waals surface area contributed by atoms with Crippen molar-refractivity contribution in [3.63, 3.8) is 0 Å². The van der Waals surface area contributed by atoms with Crippen LogP contribution in [0.2, 0.25) is 15.1 Å². The monoisotopic (exact) mass is 561 g/mol. The first-order valence-electron chi connectivity index (χ1n) is 9.90. The number of hydrogen-bond donors (Lipinski definition) is 2. The van der Waals surface area contributed by atoms with Gasteiger partial charge in [-0.25, -0.2) is 0 Å². The molecule has 35 heavy (non-hydrogen) atoms. The summed E-state index contributed by atoms with van der Waals surface area (Å²) >= 11 is 17.8. The molecule has 0 aromatic heterocycles. The van der Waals surface area contributed by atoms with Crippen molar-refractivity contribution in [2.24, 2.45) is 5.16 Å². The van der Waals surface area contributed by atoms with Crippen molar-refractivity contribution in [3.05, 3.63) is 62.6 Å². The fraction of sp³-hybridized carbons (Fsp3) is 0.333. The Hall–Kier alpha value is -2.37. The summed E-state index contributed by atoms with van der Waals surface area (Å²) in [6.07, 6.45) is -11.9. The number of carbonyl (C=O) groups excluding carboxylic acids is 1. The molecule has 3 rings (SSSR count). The Bertz CT molecular complexity index is 1120. The van der Waals surface area contributed by atoms with Crippen molar-refractivity contribution in [1.29, 1.82) is 0 Å². The third-order valence-electron chi connectivity index (χ3n) is 5.02. The van der Waals surface area contributed by atoms with Crippen molar-refractivity contribution < 1.29 is 36.0 Å². The lowest BCUT2D eigenvalue weighted by Crippen LogP contribution is -2.42. The fourth-order valence-corrected chi connectivity index (χ4v) is 3.99. The Morgan fingerprint density at radius 2 is 1.69 bits per heavy atom. The van der Waals surface area contributed by atoms with Crippen LogP contribution in [0.1, 0.15) is 36.8 Å². The summed E-state index contributed by atoms with van der Waals surface area (Å²) < 4.78 is 79.1. The summed E-state index contributed by atoms with van der Waals surface area (Å²) in [6, 6.07) is 7.52. The number of amides is 1. The lowest BCUT2D eigenvalue weighted by molar-refractivity contribution is -0.275. The number of oxime groups is 1. The maximum Gasteiger partial charge on any atom is 0.435 e. The van der Waals surface area contributed by atoms with Gasteiger partial charge in [-0.3, -0.25) is 15.6 Å². The number of benzene rings is 2. The highest BCUT2D eigenvalue weighted by Crippen LogP contribution is 2.49. The van der Waals surface area contributed by atoms with Crippen molar-refractivity contribution >= 4 is 52.1 Å². The molecule has 1 aliphatic heterocycles. The normalized spacial score (nSPS) is 18.1. The highest BCUT2D eigenvalue weighted by atomic mass is 35.5. The Morgan fingerprint density at radius 3 is 2.29 bits per heavy atom. The molecule has 0 spiro atoms. The summed E-state index contributed by atoms with van der Waals surface area (Å²) in [7, 11) is 0. The molecule has 14 heteroatoms. The number of nitrogens with zero attached hydrogens (tertiary/aromatic N) is 1. The second kappa shape index (κ2) is 10.3. The molecule has 0 bridgehead atoms. The van der Waals surface area contributed by atoms with E-state index < -0.39 is 49.5 Å². The third kappa shape index (κ3) is 6.65. The van der Waals surface area contributed by atoms with Crippen LogP contribution in [0.4, 0.5) is 32.0 Å². The molecule has 0 aliphatic carbocycles. The summed E-state index contributed by atoms with van der Waals surface area (Å²) in [5.41, 5.74) is 1.70. The van der Waals surface area contributed by atoms with Gasteiger partial charge in [-0.05, 0) is 36.8 Å². The SMILES string of the molecule is O=C(CCCC(F)(F)F)NNc1cc(C2=NO[C@@](c3cc(Cl)cc(Cl)c3)(C(F)(F)F)C2)ccc1Cl. The van der Waals surface area contributed by atoms with Crippen molar-refractivity contribution in [2.75, 3.05) is 5.43 Å². The highest BCUT2D eigenvalue weighted by molar-refractivity contribution is 6.34. The van der Waals surface area contributed by atoms with Crippen LogP contribution in [0, 0.1) is 0 Å². The zero-order valence-electron chi connectivity index (χ0n) is 17.5. The molecular weight excluding hydrogens is 547 g/mol. The van der Waals surface area contributed by atoms with Gasteiger partial charge >= 0.3 is 12.4 Å². The van der Waals surface area contributed by atoms with Gasteiger partial charge in [0.05, 0.1) is 16.4 Å². The predicted octanol–water partition coefficient (Wildman–Crippen LogP) is 7.40. The molecule has 1 atom stereocenters. The molecule has 190 valence electrons. The van der Waals surface area contributed by atoms with Crippen LogP contribution in [0.5, 0.6) is 0 Å². The average Bonchev–Trinajstić information content (AvgIpc) is 3.18. The van der Waals surface area contributed by atoms with Crippen LogP contribution in [-0.4, -0.2) is 24.0 Å². The minimum atomic E-state index is -4.88. The van der Waals surface area contributed by atoms with E-state index in [0.717, 1.165) is 12.1 Å². The Kier molecular flexibility index (Phi) is 8.02. The van der Waals surface area contributed by atoms with E-state index in [1.807, 2.05) is 0 Å². The summed E-state index contributed by atoms with van der Waals surface area (Å²) in [6.45, 7) is 0. The largest absolute Gasteiger partial charge is 0.435 e. The van der Waals surface area contributed by atoms with Gasteiger partial charge in [-0.1, -0.05) is 46.0 Å². The predicted molar refractivity (Wildman–Crippen MR) is 120 cm³/mol. The maximum atomic E-state index is 14.1. The number of alkyl halides is 6. The van der Waals surface area contributed by atoms with E-state index in [1.165, 1.54) is 24.3 Å². The van der Waals surface area contributed by atoms with Crippen LogP contribution in [-0.2, 0) is 15.2 Å². The van der Waals surface area contributed by atoms with E-state index in [9.17, 15) is 31.1 Å². The standard InChI is InChI=1S/C21H16Cl3F6N3O2/c22-13-7-12(8-14(23)9-13)19(21(28,29)30)10-17(33-35-19)11-3-4-15(24)16(6-11)31-32-18(34)2-1-5-20(25,26)27/h3-4,6-9,31H,1-2,5,10H2,(H,32,34)/t19-/m0/s1. The van der Waals surface area contributed by atoms with Gasteiger partial charge < -0.3 is 4.84 Å². The van der Waals surface area contributed by atoms with Gasteiger partial charge in [0.15, 0.2) is 0 Å². The van der Waals surface area contributed by atoms with Gasteiger partial charge in [0, 0.05) is 40.4 Å². The number of hydrazine groups is 1. The first-order chi connectivity index (χ1) is 16.2. The molecule has 2 N–H and O–H groups in total. The first-order valence-corrected chi connectivity index (χ1v) is 11.0. The van der Waals surface area contributed by atoms with Crippen molar-refractivity contribution in [2.45, 2.75) is 43.6 Å². The van der Waals surface area contributed by atoms with Crippen molar-refractivity contribution in [3.8, 4) is 0 Å². The number of anilines is 1. The number of rotatable bonds is 7. The number of halogens is 9. The number of carbonyl (C=O) groups is 1. The summed E-state index contributed by atoms with van der Waals surface area (Å²) in [4.78, 5) is 16.7. The quantitative estimate of drug-likeness (QED) is 0.273. The van der Waals surface area contributed by atoms with E-state index in [1.54, 1.807) is 0 Å². The van der Waals surface area contributed by atoms with Crippen LogP contribution in [0.15, 0.2) is 41.6 Å². The van der Waals surface area contributed by atoms with Crippen LogP contribution >= 0.6 is 34.8 Å². The van der Waals surface area contributed by atoms with Gasteiger partial charge in [0.25, 0.3) is 5.60 Å². The summed E-state index contributed by atoms with van der Waals surface area (Å²) in [5.74, 6) is -0.730. The first kappa shape index (κ1) is 27.2. The van der Waals surface area contributed by atoms with Gasteiger partial charge in [-0.2, -0.15) is 26.3 Å². The molecule has 1 aliphatic rings.